The second kappa shape index (κ2) is 11.4. The number of anilines is 3. The van der Waals surface area contributed by atoms with Crippen molar-refractivity contribution in [3.8, 4) is 0 Å². The summed E-state index contributed by atoms with van der Waals surface area (Å²) in [5, 5.41) is 6.86. The number of rotatable bonds is 2. The molecule has 1 saturated heterocycles. The number of carbonyl (C=O) groups is 1. The largest absolute Gasteiger partial charge is 0.396 e. The lowest BCUT2D eigenvalue weighted by Gasteiger charge is -2.29. The van der Waals surface area contributed by atoms with Crippen molar-refractivity contribution in [3.05, 3.63) is 34.3 Å². The van der Waals surface area contributed by atoms with Gasteiger partial charge in [0, 0.05) is 55.1 Å². The molecule has 1 fully saturated rings. The van der Waals surface area contributed by atoms with Crippen molar-refractivity contribution in [2.24, 2.45) is 0 Å². The highest BCUT2D eigenvalue weighted by atomic mass is 79.9. The van der Waals surface area contributed by atoms with Gasteiger partial charge in [-0.2, -0.15) is 0 Å². The van der Waals surface area contributed by atoms with Gasteiger partial charge in [0.15, 0.2) is 0 Å². The first-order valence-electron chi connectivity index (χ1n) is 13.1. The number of nitrogen functional groups attached to an aromatic ring is 1. The Bertz CT molecular complexity index is 1680. The minimum Gasteiger partial charge on any atom is -0.396 e. The van der Waals surface area contributed by atoms with E-state index in [1.54, 1.807) is 0 Å². The number of imidazole rings is 2. The van der Waals surface area contributed by atoms with E-state index in [9.17, 15) is 4.79 Å². The van der Waals surface area contributed by atoms with Gasteiger partial charge in [-0.3, -0.25) is 4.79 Å². The second-order valence-corrected chi connectivity index (χ2v) is 13.6. The quantitative estimate of drug-likeness (QED) is 0.197. The molecule has 3 aliphatic heterocycles. The number of carbonyl (C=O) groups excluding carboxylic acids is 1. The topological polar surface area (TPSA) is 106 Å². The summed E-state index contributed by atoms with van der Waals surface area (Å²) in [6.07, 6.45) is 4.22. The summed E-state index contributed by atoms with van der Waals surface area (Å²) in [6.45, 7) is 7.27. The molecule has 0 aliphatic carbocycles. The fourth-order valence-electron chi connectivity index (χ4n) is 5.85. The molecule has 212 valence electrons. The van der Waals surface area contributed by atoms with Crippen molar-refractivity contribution >= 4 is 121 Å². The van der Waals surface area contributed by atoms with Gasteiger partial charge in [-0.1, -0.05) is 0 Å². The van der Waals surface area contributed by atoms with Crippen LogP contribution >= 0.6 is 75.3 Å². The maximum Gasteiger partial charge on any atom is 0.221 e. The fraction of sp³-hybridized carbons (Fsp3) is 0.423. The third-order valence-electron chi connectivity index (χ3n) is 7.62. The first-order chi connectivity index (χ1) is 19.2. The zero-order valence-corrected chi connectivity index (χ0v) is 28.8. The third-order valence-corrected chi connectivity index (χ3v) is 12.3. The van der Waals surface area contributed by atoms with Crippen LogP contribution in [0.2, 0.25) is 5.28 Å². The Hall–Kier alpha value is -1.38. The Morgan fingerprint density at radius 2 is 1.48 bits per heavy atom. The van der Waals surface area contributed by atoms with Crippen LogP contribution in [0.4, 0.5) is 17.3 Å². The van der Waals surface area contributed by atoms with Crippen LogP contribution in [-0.4, -0.2) is 51.2 Å². The number of halogens is 5. The van der Waals surface area contributed by atoms with E-state index in [0.717, 1.165) is 117 Å². The van der Waals surface area contributed by atoms with Gasteiger partial charge in [-0.15, -0.1) is 0 Å². The first-order valence-corrected chi connectivity index (χ1v) is 16.7. The molecule has 9 nitrogen and oxygen atoms in total. The van der Waals surface area contributed by atoms with Gasteiger partial charge < -0.3 is 30.4 Å². The second-order valence-electron chi connectivity index (χ2n) is 10.1. The van der Waals surface area contributed by atoms with Gasteiger partial charge >= 0.3 is 0 Å². The summed E-state index contributed by atoms with van der Waals surface area (Å²) < 4.78 is 8.14. The van der Waals surface area contributed by atoms with E-state index in [0.29, 0.717) is 11.0 Å². The van der Waals surface area contributed by atoms with Crippen molar-refractivity contribution < 1.29 is 4.79 Å². The number of hydrogen-bond donors (Lipinski definition) is 3. The van der Waals surface area contributed by atoms with Crippen LogP contribution < -0.4 is 21.3 Å². The summed E-state index contributed by atoms with van der Waals surface area (Å²) in [5.74, 6) is 0.927. The normalized spacial score (nSPS) is 16.3. The van der Waals surface area contributed by atoms with Gasteiger partial charge in [0.05, 0.1) is 31.4 Å². The van der Waals surface area contributed by atoms with Crippen molar-refractivity contribution in [2.45, 2.75) is 45.7 Å². The molecule has 0 radical (unpaired) electrons. The summed E-state index contributed by atoms with van der Waals surface area (Å²) >= 11 is 20.5. The number of aromatic nitrogens is 4. The van der Waals surface area contributed by atoms with E-state index >= 15 is 0 Å². The van der Waals surface area contributed by atoms with Crippen LogP contribution in [0.1, 0.15) is 30.9 Å². The van der Waals surface area contributed by atoms with Crippen LogP contribution in [0.3, 0.4) is 0 Å². The van der Waals surface area contributed by atoms with Gasteiger partial charge in [0.25, 0.3) is 0 Å². The van der Waals surface area contributed by atoms with Gasteiger partial charge in [0.1, 0.15) is 11.0 Å². The maximum atomic E-state index is 11.7. The van der Waals surface area contributed by atoms with Crippen molar-refractivity contribution in [3.63, 3.8) is 0 Å². The van der Waals surface area contributed by atoms with Crippen molar-refractivity contribution in [1.82, 2.24) is 24.4 Å². The molecule has 4 N–H and O–H groups in total. The average Bonchev–Trinajstić information content (AvgIpc) is 3.52. The van der Waals surface area contributed by atoms with Crippen LogP contribution in [0.5, 0.6) is 0 Å². The standard InChI is InChI=1S/C16H19Br2N5O.C10H8Br2ClN3/c1-9(24)20-13-12(18)11(17)10-3-2-6-23-15(10)14(13)21-16(23)22-7-4-19-5-8-22;11-5-4-2-1-3-16-9(4)8(15-10(16)13)7(14)6(5)12/h19H,2-8H2,1H3,(H,20,24);1-3,14H2. The molecule has 2 aromatic carbocycles. The average molecular weight is 823 g/mol. The van der Waals surface area contributed by atoms with E-state index in [-0.39, 0.29) is 5.91 Å². The number of aryl methyl sites for hydroxylation is 4. The van der Waals surface area contributed by atoms with Crippen LogP contribution in [0, 0.1) is 0 Å². The third kappa shape index (κ3) is 4.78. The van der Waals surface area contributed by atoms with Gasteiger partial charge in [0.2, 0.25) is 17.1 Å². The molecule has 0 bridgehead atoms. The smallest absolute Gasteiger partial charge is 0.221 e. The van der Waals surface area contributed by atoms with E-state index in [1.165, 1.54) is 18.1 Å². The van der Waals surface area contributed by atoms with Crippen LogP contribution in [0.25, 0.3) is 22.1 Å². The zero-order valence-electron chi connectivity index (χ0n) is 21.7. The predicted octanol–water partition coefficient (Wildman–Crippen LogP) is 6.62. The Kier molecular flexibility index (Phi) is 8.16. The predicted molar refractivity (Wildman–Crippen MR) is 176 cm³/mol. The summed E-state index contributed by atoms with van der Waals surface area (Å²) in [7, 11) is 0. The van der Waals surface area contributed by atoms with Gasteiger partial charge in [-0.05, 0) is 112 Å². The monoisotopic (exact) mass is 818 g/mol. The summed E-state index contributed by atoms with van der Waals surface area (Å²) in [4.78, 5) is 23.3. The molecule has 0 saturated carbocycles. The molecule has 0 spiro atoms. The summed E-state index contributed by atoms with van der Waals surface area (Å²) in [6, 6.07) is 0. The highest BCUT2D eigenvalue weighted by molar-refractivity contribution is 9.13. The molecule has 2 aromatic heterocycles. The number of nitrogens with zero attached hydrogens (tertiary/aromatic N) is 5. The Morgan fingerprint density at radius 1 is 0.875 bits per heavy atom. The minimum absolute atomic E-state index is 0.0908. The number of benzene rings is 2. The van der Waals surface area contributed by atoms with Crippen molar-refractivity contribution in [1.29, 1.82) is 0 Å². The lowest BCUT2D eigenvalue weighted by Crippen LogP contribution is -2.44. The molecule has 0 unspecified atom stereocenters. The molecule has 7 rings (SSSR count). The van der Waals surface area contributed by atoms with E-state index in [2.05, 4.69) is 88.8 Å². The SMILES string of the molecule is CC(=O)Nc1c(Br)c(Br)c2c3c1nc(N1CCNCC1)n3CCC2.Nc1c(Br)c(Br)c2c3c1nc(Cl)n3CCC2. The molecule has 14 heteroatoms. The number of amides is 1. The molecular weight excluding hydrogens is 795 g/mol. The minimum atomic E-state index is -0.0908. The number of hydrogen-bond acceptors (Lipinski definition) is 6. The Morgan fingerprint density at radius 3 is 2.12 bits per heavy atom. The summed E-state index contributed by atoms with van der Waals surface area (Å²) in [5.41, 5.74) is 13.8. The van der Waals surface area contributed by atoms with E-state index < -0.39 is 0 Å². The fourth-order valence-corrected chi connectivity index (χ4v) is 8.24. The Balaban J connectivity index is 0.000000157. The Labute approximate surface area is 270 Å². The van der Waals surface area contributed by atoms with Crippen LogP contribution in [0.15, 0.2) is 17.9 Å². The van der Waals surface area contributed by atoms with Crippen molar-refractivity contribution in [2.75, 3.05) is 42.1 Å². The molecule has 4 aromatic rings. The maximum absolute atomic E-state index is 11.7. The number of nitrogens with two attached hydrogens (primary N) is 1. The van der Waals surface area contributed by atoms with Gasteiger partial charge in [-0.25, -0.2) is 9.97 Å². The highest BCUT2D eigenvalue weighted by Crippen LogP contribution is 2.45. The lowest BCUT2D eigenvalue weighted by atomic mass is 10.0. The number of piperazine rings is 1. The number of nitrogens with one attached hydrogen (secondary N) is 2. The molecule has 1 amide bonds. The zero-order chi connectivity index (χ0) is 28.3. The molecule has 3 aliphatic rings. The van der Waals surface area contributed by atoms with E-state index in [1.807, 2.05) is 4.57 Å². The molecule has 0 atom stereocenters. The van der Waals surface area contributed by atoms with E-state index in [4.69, 9.17) is 22.3 Å². The van der Waals surface area contributed by atoms with Crippen LogP contribution in [-0.2, 0) is 30.7 Å². The molecule has 5 heterocycles. The lowest BCUT2D eigenvalue weighted by molar-refractivity contribution is -0.114. The molecular formula is C26H27Br4ClN8O. The molecule has 40 heavy (non-hydrogen) atoms. The first kappa shape index (κ1) is 28.7. The highest BCUT2D eigenvalue weighted by Gasteiger charge is 2.28.